The van der Waals surface area contributed by atoms with Gasteiger partial charge in [0.1, 0.15) is 15.5 Å². The molecule has 0 amide bonds. The smallest absolute Gasteiger partial charge is 0.348 e. The zero-order valence-corrected chi connectivity index (χ0v) is 21.3. The number of benzene rings is 2. The molecule has 0 spiro atoms. The van der Waals surface area contributed by atoms with Crippen molar-refractivity contribution in [2.75, 3.05) is 13.7 Å². The molecule has 0 bridgehead atoms. The van der Waals surface area contributed by atoms with E-state index in [2.05, 4.69) is 5.10 Å². The van der Waals surface area contributed by atoms with Crippen LogP contribution in [0.1, 0.15) is 37.1 Å². The lowest BCUT2D eigenvalue weighted by Crippen LogP contribution is -2.14. The average molecular weight is 500 g/mol. The zero-order chi connectivity index (χ0) is 25.4. The van der Waals surface area contributed by atoms with Crippen LogP contribution in [0.3, 0.4) is 0 Å². The second-order valence-corrected chi connectivity index (χ2v) is 9.51. The predicted molar refractivity (Wildman–Crippen MR) is 140 cm³/mol. The molecule has 0 N–H and O–H groups in total. The first-order valence-corrected chi connectivity index (χ1v) is 12.3. The van der Waals surface area contributed by atoms with E-state index < -0.39 is 5.97 Å². The monoisotopic (exact) mass is 499 g/mol. The molecule has 0 aliphatic rings. The summed E-state index contributed by atoms with van der Waals surface area (Å²) in [6.07, 6.45) is 0. The van der Waals surface area contributed by atoms with Crippen LogP contribution >= 0.6 is 11.3 Å². The first-order valence-electron chi connectivity index (χ1n) is 11.5. The van der Waals surface area contributed by atoms with Crippen LogP contribution in [-0.4, -0.2) is 39.8 Å². The molecule has 0 radical (unpaired) electrons. The Bertz CT molecular complexity index is 1580. The van der Waals surface area contributed by atoms with Crippen LogP contribution < -0.4 is 4.74 Å². The minimum absolute atomic E-state index is 0.246. The fourth-order valence-corrected chi connectivity index (χ4v) is 5.42. The zero-order valence-electron chi connectivity index (χ0n) is 20.4. The number of hydrogen-bond donors (Lipinski definition) is 0. The van der Waals surface area contributed by atoms with Crippen LogP contribution in [0.2, 0.25) is 0 Å². The Labute approximate surface area is 212 Å². The number of ketones is 1. The molecule has 0 saturated heterocycles. The van der Waals surface area contributed by atoms with Gasteiger partial charge in [-0.2, -0.15) is 5.10 Å². The van der Waals surface area contributed by atoms with E-state index >= 15 is 0 Å². The highest BCUT2D eigenvalue weighted by Crippen LogP contribution is 2.31. The van der Waals surface area contributed by atoms with E-state index in [1.165, 1.54) is 11.3 Å². The lowest BCUT2D eigenvalue weighted by atomic mass is 10.1. The molecule has 0 aliphatic heterocycles. The van der Waals surface area contributed by atoms with E-state index in [4.69, 9.17) is 9.47 Å². The van der Waals surface area contributed by atoms with Crippen LogP contribution in [0, 0.1) is 20.8 Å². The van der Waals surface area contributed by atoms with Crippen molar-refractivity contribution in [1.82, 2.24) is 14.3 Å². The van der Waals surface area contributed by atoms with Gasteiger partial charge < -0.3 is 14.0 Å². The number of thiophene rings is 1. The van der Waals surface area contributed by atoms with Crippen molar-refractivity contribution >= 4 is 33.3 Å². The number of nitrogens with zero attached hydrogens (tertiary/aromatic N) is 3. The minimum Gasteiger partial charge on any atom is -0.497 e. The van der Waals surface area contributed by atoms with Gasteiger partial charge >= 0.3 is 5.97 Å². The number of rotatable bonds is 7. The quantitative estimate of drug-likeness (QED) is 0.207. The van der Waals surface area contributed by atoms with Gasteiger partial charge in [-0.25, -0.2) is 9.48 Å². The van der Waals surface area contributed by atoms with Crippen LogP contribution in [0.4, 0.5) is 0 Å². The van der Waals surface area contributed by atoms with E-state index in [0.29, 0.717) is 10.4 Å². The molecule has 2 aromatic carbocycles. The van der Waals surface area contributed by atoms with E-state index in [0.717, 1.165) is 44.4 Å². The second-order valence-electron chi connectivity index (χ2n) is 8.48. The van der Waals surface area contributed by atoms with Crippen molar-refractivity contribution in [3.63, 3.8) is 0 Å². The summed E-state index contributed by atoms with van der Waals surface area (Å²) < 4.78 is 14.5. The van der Waals surface area contributed by atoms with Crippen LogP contribution in [0.25, 0.3) is 21.6 Å². The standard InChI is InChI=1S/C28H25N3O4S/c1-17-14-24(19(3)30(17)20-10-12-22(34-4)13-11-20)25(32)16-35-28(33)26-15-23-18(2)29-31(27(23)36-26)21-8-6-5-7-9-21/h5-15H,16H2,1-4H3. The first kappa shape index (κ1) is 23.6. The Morgan fingerprint density at radius 2 is 1.67 bits per heavy atom. The topological polar surface area (TPSA) is 75.3 Å². The molecular formula is C28H25N3O4S. The number of esters is 1. The maximum absolute atomic E-state index is 13.0. The molecule has 3 heterocycles. The molecule has 182 valence electrons. The molecule has 0 atom stereocenters. The summed E-state index contributed by atoms with van der Waals surface area (Å²) in [5, 5.41) is 5.49. The number of aromatic nitrogens is 3. The number of para-hydroxylation sites is 1. The third-order valence-electron chi connectivity index (χ3n) is 6.14. The van der Waals surface area contributed by atoms with Crippen LogP contribution in [0.5, 0.6) is 5.75 Å². The Morgan fingerprint density at radius 1 is 0.944 bits per heavy atom. The highest BCUT2D eigenvalue weighted by Gasteiger charge is 2.21. The number of Topliss-reactive ketones (excluding diaryl/α,β-unsaturated/α-hetero) is 1. The van der Waals surface area contributed by atoms with Gasteiger partial charge in [0.05, 0.1) is 18.5 Å². The molecule has 8 heteroatoms. The average Bonchev–Trinajstić information content (AvgIpc) is 3.56. The third-order valence-corrected chi connectivity index (χ3v) is 7.23. The maximum Gasteiger partial charge on any atom is 0.348 e. The van der Waals surface area contributed by atoms with E-state index in [1.807, 2.05) is 90.7 Å². The summed E-state index contributed by atoms with van der Waals surface area (Å²) in [6.45, 7) is 5.40. The van der Waals surface area contributed by atoms with Gasteiger partial charge in [-0.3, -0.25) is 4.79 Å². The van der Waals surface area contributed by atoms with Gasteiger partial charge in [0, 0.05) is 28.0 Å². The number of fused-ring (bicyclic) bond motifs is 1. The summed E-state index contributed by atoms with van der Waals surface area (Å²) in [5.41, 5.74) is 4.90. The normalized spacial score (nSPS) is 11.1. The largest absolute Gasteiger partial charge is 0.497 e. The fourth-order valence-electron chi connectivity index (χ4n) is 4.35. The molecule has 0 saturated carbocycles. The van der Waals surface area contributed by atoms with Crippen LogP contribution in [0.15, 0.2) is 66.7 Å². The highest BCUT2D eigenvalue weighted by molar-refractivity contribution is 7.20. The van der Waals surface area contributed by atoms with Crippen molar-refractivity contribution in [2.45, 2.75) is 20.8 Å². The Morgan fingerprint density at radius 3 is 2.36 bits per heavy atom. The molecular weight excluding hydrogens is 474 g/mol. The Kier molecular flexibility index (Phi) is 6.20. The van der Waals surface area contributed by atoms with Gasteiger partial charge in [0.15, 0.2) is 6.61 Å². The second kappa shape index (κ2) is 9.47. The van der Waals surface area contributed by atoms with Gasteiger partial charge in [0.25, 0.3) is 0 Å². The summed E-state index contributed by atoms with van der Waals surface area (Å²) in [5.74, 6) is -0.00572. The molecule has 3 aromatic heterocycles. The lowest BCUT2D eigenvalue weighted by molar-refractivity contribution is 0.0479. The lowest BCUT2D eigenvalue weighted by Gasteiger charge is -2.10. The molecule has 5 rings (SSSR count). The van der Waals surface area contributed by atoms with Crippen LogP contribution in [-0.2, 0) is 4.74 Å². The number of hydrogen-bond acceptors (Lipinski definition) is 6. The molecule has 7 nitrogen and oxygen atoms in total. The van der Waals surface area contributed by atoms with Gasteiger partial charge in [-0.1, -0.05) is 18.2 Å². The van der Waals surface area contributed by atoms with Crippen molar-refractivity contribution in [2.24, 2.45) is 0 Å². The fraction of sp³-hybridized carbons (Fsp3) is 0.179. The van der Waals surface area contributed by atoms with Crippen molar-refractivity contribution in [3.05, 3.63) is 94.3 Å². The predicted octanol–water partition coefficient (Wildman–Crippen LogP) is 5.85. The van der Waals surface area contributed by atoms with E-state index in [-0.39, 0.29) is 12.4 Å². The van der Waals surface area contributed by atoms with Crippen molar-refractivity contribution in [3.8, 4) is 17.1 Å². The summed E-state index contributed by atoms with van der Waals surface area (Å²) in [6, 6.07) is 21.0. The number of aryl methyl sites for hydroxylation is 2. The molecule has 36 heavy (non-hydrogen) atoms. The minimum atomic E-state index is -0.521. The number of methoxy groups -OCH3 is 1. The molecule has 0 fully saturated rings. The van der Waals surface area contributed by atoms with Crippen molar-refractivity contribution in [1.29, 1.82) is 0 Å². The SMILES string of the molecule is COc1ccc(-n2c(C)cc(C(=O)COC(=O)c3cc4c(C)nn(-c5ccccc5)c4s3)c2C)cc1. The highest BCUT2D eigenvalue weighted by atomic mass is 32.1. The number of carbonyl (C=O) groups is 2. The number of ether oxygens (including phenoxy) is 2. The summed E-state index contributed by atoms with van der Waals surface area (Å²) in [4.78, 5) is 27.1. The Hall–Kier alpha value is -4.17. The molecule has 0 aliphatic carbocycles. The van der Waals surface area contributed by atoms with Crippen molar-refractivity contribution < 1.29 is 19.1 Å². The summed E-state index contributed by atoms with van der Waals surface area (Å²) >= 11 is 1.31. The first-order chi connectivity index (χ1) is 17.4. The summed E-state index contributed by atoms with van der Waals surface area (Å²) in [7, 11) is 1.62. The van der Waals surface area contributed by atoms with Gasteiger partial charge in [0.2, 0.25) is 5.78 Å². The molecule has 5 aromatic rings. The van der Waals surface area contributed by atoms with E-state index in [9.17, 15) is 9.59 Å². The van der Waals surface area contributed by atoms with E-state index in [1.54, 1.807) is 13.2 Å². The van der Waals surface area contributed by atoms with Gasteiger partial charge in [-0.15, -0.1) is 11.3 Å². The number of carbonyl (C=O) groups excluding carboxylic acids is 2. The maximum atomic E-state index is 13.0. The molecule has 0 unspecified atom stereocenters. The Balaban J connectivity index is 1.33. The third kappa shape index (κ3) is 4.20. The van der Waals surface area contributed by atoms with Gasteiger partial charge in [-0.05, 0) is 69.3 Å².